The molecule has 0 aliphatic carbocycles. The molecule has 1 N–H and O–H groups in total. The molecule has 0 heterocycles. The molecule has 3 heteroatoms. The Kier molecular flexibility index (Phi) is 4.88. The van der Waals surface area contributed by atoms with Gasteiger partial charge in [-0.15, -0.1) is 0 Å². The Balaban J connectivity index is 2.39. The van der Waals surface area contributed by atoms with Gasteiger partial charge >= 0.3 is 5.97 Å². The number of hydrogen-bond donors (Lipinski definition) is 1. The zero-order valence-corrected chi connectivity index (χ0v) is 11.9. The standard InChI is InChI=1S/C18H18O3/c1-13(19)17(18(20)21)16(15-10-6-3-7-11-15)12-14-8-4-2-5-9-14/h2-11,16-17H,12H2,1H3,(H,20,21)/t16?,17-/m0/s1. The lowest BCUT2D eigenvalue weighted by molar-refractivity contribution is -0.146. The van der Waals surface area contributed by atoms with Crippen LogP contribution in [0.15, 0.2) is 60.7 Å². The number of rotatable bonds is 6. The lowest BCUT2D eigenvalue weighted by atomic mass is 9.79. The van der Waals surface area contributed by atoms with Crippen LogP contribution in [0.3, 0.4) is 0 Å². The minimum absolute atomic E-state index is 0.313. The zero-order chi connectivity index (χ0) is 15.2. The highest BCUT2D eigenvalue weighted by molar-refractivity contribution is 5.98. The molecule has 0 fully saturated rings. The first kappa shape index (κ1) is 15.0. The molecule has 2 atom stereocenters. The minimum atomic E-state index is -1.06. The van der Waals surface area contributed by atoms with Crippen LogP contribution in [0.5, 0.6) is 0 Å². The summed E-state index contributed by atoms with van der Waals surface area (Å²) in [6.07, 6.45) is 0.529. The Labute approximate surface area is 124 Å². The first-order valence-corrected chi connectivity index (χ1v) is 6.91. The highest BCUT2D eigenvalue weighted by Crippen LogP contribution is 2.29. The fourth-order valence-electron chi connectivity index (χ4n) is 2.63. The number of Topliss-reactive ketones (excluding diaryl/α,β-unsaturated/α-hetero) is 1. The van der Waals surface area contributed by atoms with E-state index in [0.717, 1.165) is 11.1 Å². The Hall–Kier alpha value is -2.42. The van der Waals surface area contributed by atoms with Gasteiger partial charge in [-0.2, -0.15) is 0 Å². The number of hydrogen-bond acceptors (Lipinski definition) is 2. The summed E-state index contributed by atoms with van der Waals surface area (Å²) in [7, 11) is 0. The van der Waals surface area contributed by atoms with Crippen molar-refractivity contribution in [2.24, 2.45) is 5.92 Å². The third kappa shape index (κ3) is 3.78. The molecule has 0 bridgehead atoms. The lowest BCUT2D eigenvalue weighted by Crippen LogP contribution is -2.29. The molecule has 0 saturated heterocycles. The van der Waals surface area contributed by atoms with E-state index in [1.165, 1.54) is 6.92 Å². The largest absolute Gasteiger partial charge is 0.481 e. The SMILES string of the molecule is CC(=O)[C@H](C(=O)O)C(Cc1ccccc1)c1ccccc1. The van der Waals surface area contributed by atoms with Crippen molar-refractivity contribution < 1.29 is 14.7 Å². The van der Waals surface area contributed by atoms with Crippen LogP contribution < -0.4 is 0 Å². The van der Waals surface area contributed by atoms with Crippen molar-refractivity contribution in [3.8, 4) is 0 Å². The van der Waals surface area contributed by atoms with Gasteiger partial charge in [0.1, 0.15) is 11.7 Å². The molecule has 2 rings (SSSR count). The van der Waals surface area contributed by atoms with Crippen molar-refractivity contribution in [2.45, 2.75) is 19.3 Å². The smallest absolute Gasteiger partial charge is 0.314 e. The maximum absolute atomic E-state index is 11.8. The van der Waals surface area contributed by atoms with Crippen LogP contribution >= 0.6 is 0 Å². The van der Waals surface area contributed by atoms with E-state index in [-0.39, 0.29) is 11.7 Å². The zero-order valence-electron chi connectivity index (χ0n) is 11.9. The van der Waals surface area contributed by atoms with Crippen LogP contribution in [0, 0.1) is 5.92 Å². The summed E-state index contributed by atoms with van der Waals surface area (Å²) in [6, 6.07) is 19.0. The summed E-state index contributed by atoms with van der Waals surface area (Å²) < 4.78 is 0. The maximum atomic E-state index is 11.8. The summed E-state index contributed by atoms with van der Waals surface area (Å²) in [5.74, 6) is -2.75. The topological polar surface area (TPSA) is 54.4 Å². The molecule has 21 heavy (non-hydrogen) atoms. The van der Waals surface area contributed by atoms with Crippen molar-refractivity contribution >= 4 is 11.8 Å². The van der Waals surface area contributed by atoms with E-state index in [2.05, 4.69) is 0 Å². The van der Waals surface area contributed by atoms with Crippen molar-refractivity contribution in [1.29, 1.82) is 0 Å². The molecule has 0 aliphatic rings. The fourth-order valence-corrected chi connectivity index (χ4v) is 2.63. The molecule has 2 aromatic rings. The molecule has 0 saturated carbocycles. The average molecular weight is 282 g/mol. The Morgan fingerprint density at radius 2 is 1.48 bits per heavy atom. The third-order valence-corrected chi connectivity index (χ3v) is 3.63. The van der Waals surface area contributed by atoms with E-state index >= 15 is 0 Å². The second kappa shape index (κ2) is 6.84. The van der Waals surface area contributed by atoms with Crippen molar-refractivity contribution in [3.63, 3.8) is 0 Å². The third-order valence-electron chi connectivity index (χ3n) is 3.63. The van der Waals surface area contributed by atoms with E-state index in [4.69, 9.17) is 0 Å². The molecule has 0 amide bonds. The first-order chi connectivity index (χ1) is 10.1. The molecule has 0 aromatic heterocycles. The molecular formula is C18H18O3. The van der Waals surface area contributed by atoms with Gasteiger partial charge in [-0.05, 0) is 24.5 Å². The van der Waals surface area contributed by atoms with Gasteiger partial charge in [0, 0.05) is 5.92 Å². The molecule has 0 spiro atoms. The normalized spacial score (nSPS) is 13.4. The summed E-state index contributed by atoms with van der Waals surface area (Å²) in [5, 5.41) is 9.43. The van der Waals surface area contributed by atoms with Gasteiger partial charge in [-0.1, -0.05) is 60.7 Å². The Bertz CT molecular complexity index is 591. The minimum Gasteiger partial charge on any atom is -0.481 e. The fraction of sp³-hybridized carbons (Fsp3) is 0.222. The Morgan fingerprint density at radius 3 is 1.95 bits per heavy atom. The van der Waals surface area contributed by atoms with Gasteiger partial charge in [-0.3, -0.25) is 9.59 Å². The number of aliphatic carboxylic acids is 1. The average Bonchev–Trinajstić information content (AvgIpc) is 2.48. The second-order valence-electron chi connectivity index (χ2n) is 5.13. The van der Waals surface area contributed by atoms with Gasteiger partial charge in [0.2, 0.25) is 0 Å². The lowest BCUT2D eigenvalue weighted by Gasteiger charge is -2.22. The van der Waals surface area contributed by atoms with Crippen molar-refractivity contribution in [2.75, 3.05) is 0 Å². The summed E-state index contributed by atoms with van der Waals surface area (Å²) in [6.45, 7) is 1.35. The molecular weight excluding hydrogens is 264 g/mol. The van der Waals surface area contributed by atoms with Crippen LogP contribution in [0.2, 0.25) is 0 Å². The predicted molar refractivity (Wildman–Crippen MR) is 81.1 cm³/mol. The molecule has 0 radical (unpaired) electrons. The van der Waals surface area contributed by atoms with E-state index < -0.39 is 11.9 Å². The number of carbonyl (C=O) groups is 2. The van der Waals surface area contributed by atoms with Gasteiger partial charge in [0.05, 0.1) is 0 Å². The van der Waals surface area contributed by atoms with Gasteiger partial charge < -0.3 is 5.11 Å². The number of ketones is 1. The van der Waals surface area contributed by atoms with E-state index in [1.807, 2.05) is 60.7 Å². The highest BCUT2D eigenvalue weighted by atomic mass is 16.4. The first-order valence-electron chi connectivity index (χ1n) is 6.91. The molecule has 108 valence electrons. The van der Waals surface area contributed by atoms with Crippen LogP contribution in [0.25, 0.3) is 0 Å². The molecule has 0 aliphatic heterocycles. The number of carboxylic acid groups (broad SMARTS) is 1. The quantitative estimate of drug-likeness (QED) is 0.827. The maximum Gasteiger partial charge on any atom is 0.314 e. The number of carboxylic acids is 1. The van der Waals surface area contributed by atoms with E-state index in [9.17, 15) is 14.7 Å². The van der Waals surface area contributed by atoms with Gasteiger partial charge in [-0.25, -0.2) is 0 Å². The van der Waals surface area contributed by atoms with Crippen LogP contribution in [-0.4, -0.2) is 16.9 Å². The van der Waals surface area contributed by atoms with Crippen molar-refractivity contribution in [1.82, 2.24) is 0 Å². The predicted octanol–water partition coefficient (Wildman–Crippen LogP) is 3.30. The van der Waals surface area contributed by atoms with Crippen LogP contribution in [0.1, 0.15) is 24.0 Å². The van der Waals surface area contributed by atoms with Gasteiger partial charge in [0.25, 0.3) is 0 Å². The molecule has 2 aromatic carbocycles. The van der Waals surface area contributed by atoms with Crippen LogP contribution in [0.4, 0.5) is 0 Å². The van der Waals surface area contributed by atoms with E-state index in [0.29, 0.717) is 6.42 Å². The van der Waals surface area contributed by atoms with Crippen LogP contribution in [-0.2, 0) is 16.0 Å². The second-order valence-corrected chi connectivity index (χ2v) is 5.13. The van der Waals surface area contributed by atoms with E-state index in [1.54, 1.807) is 0 Å². The number of carbonyl (C=O) groups excluding carboxylic acids is 1. The Morgan fingerprint density at radius 1 is 0.952 bits per heavy atom. The van der Waals surface area contributed by atoms with Gasteiger partial charge in [0.15, 0.2) is 0 Å². The molecule has 1 unspecified atom stereocenters. The monoisotopic (exact) mass is 282 g/mol. The number of benzene rings is 2. The van der Waals surface area contributed by atoms with Crippen molar-refractivity contribution in [3.05, 3.63) is 71.8 Å². The summed E-state index contributed by atoms with van der Waals surface area (Å²) >= 11 is 0. The summed E-state index contributed by atoms with van der Waals surface area (Å²) in [4.78, 5) is 23.3. The molecule has 3 nitrogen and oxygen atoms in total. The summed E-state index contributed by atoms with van der Waals surface area (Å²) in [5.41, 5.74) is 1.91. The highest BCUT2D eigenvalue weighted by Gasteiger charge is 2.33.